The number of rotatable bonds is 9. The van der Waals surface area contributed by atoms with Crippen LogP contribution in [0.1, 0.15) is 57.3 Å². The average molecular weight is 677 g/mol. The summed E-state index contributed by atoms with van der Waals surface area (Å²) in [4.78, 5) is 23.4. The zero-order chi connectivity index (χ0) is 36.2. The summed E-state index contributed by atoms with van der Waals surface area (Å²) in [6.07, 6.45) is 1.56. The fraction of sp³-hybridized carbons (Fsp3) is 0.159. The van der Waals surface area contributed by atoms with E-state index in [1.807, 2.05) is 92.7 Å². The number of carbonyl (C=O) groups excluding carboxylic acids is 1. The van der Waals surface area contributed by atoms with E-state index in [4.69, 9.17) is 19.5 Å². The third-order valence-electron chi connectivity index (χ3n) is 9.55. The van der Waals surface area contributed by atoms with Crippen molar-refractivity contribution in [3.63, 3.8) is 0 Å². The van der Waals surface area contributed by atoms with Gasteiger partial charge in [-0.05, 0) is 110 Å². The van der Waals surface area contributed by atoms with Crippen molar-refractivity contribution in [1.29, 1.82) is 0 Å². The molecule has 51 heavy (non-hydrogen) atoms. The largest absolute Gasteiger partial charge is 0.507 e. The van der Waals surface area contributed by atoms with Crippen LogP contribution in [0, 0.1) is 27.7 Å². The van der Waals surface area contributed by atoms with Gasteiger partial charge in [-0.1, -0.05) is 72.8 Å². The Bertz CT molecular complexity index is 2330. The number of hydrogen-bond acceptors (Lipinski definition) is 7. The van der Waals surface area contributed by atoms with Crippen molar-refractivity contribution in [2.75, 3.05) is 7.11 Å². The van der Waals surface area contributed by atoms with Gasteiger partial charge in [-0.2, -0.15) is 0 Å². The second-order valence-corrected chi connectivity index (χ2v) is 12.6. The third kappa shape index (κ3) is 7.10. The molecule has 6 aromatic carbocycles. The maximum Gasteiger partial charge on any atom is 0.318 e. The van der Waals surface area contributed by atoms with Crippen molar-refractivity contribution >= 4 is 40.0 Å². The number of para-hydroxylation sites is 2. The standard InChI is InChI=1S/C44H40N2O5/c1-26-27(2)29(4)41(46-42(31-13-8-7-9-14-31)37-16-10-11-17-38(37)47)40(28(26)3)45-25-35-15-12-18-39(43(35)48)51-44(49)30(5)32-19-20-34-24-36(50-6)22-21-33(34)23-32/h7-25,30,47-48H,1-6H3/t30-/m0/s1. The fourth-order valence-electron chi connectivity index (χ4n) is 6.06. The number of fused-ring (bicyclic) bond motifs is 1. The van der Waals surface area contributed by atoms with Crippen molar-refractivity contribution in [3.8, 4) is 23.0 Å². The van der Waals surface area contributed by atoms with Crippen molar-refractivity contribution in [3.05, 3.63) is 154 Å². The predicted octanol–water partition coefficient (Wildman–Crippen LogP) is 10.1. The first-order valence-electron chi connectivity index (χ1n) is 16.8. The first-order valence-corrected chi connectivity index (χ1v) is 16.8. The molecular formula is C44H40N2O5. The normalized spacial score (nSPS) is 12.3. The summed E-state index contributed by atoms with van der Waals surface area (Å²) in [6.45, 7) is 9.90. The molecule has 0 aromatic heterocycles. The molecule has 0 spiro atoms. The number of aliphatic imine (C=N–C) groups is 2. The molecule has 0 aliphatic carbocycles. The highest BCUT2D eigenvalue weighted by atomic mass is 16.5. The maximum atomic E-state index is 13.3. The van der Waals surface area contributed by atoms with Crippen molar-refractivity contribution in [2.24, 2.45) is 9.98 Å². The molecule has 0 radical (unpaired) electrons. The van der Waals surface area contributed by atoms with E-state index in [2.05, 4.69) is 13.8 Å². The van der Waals surface area contributed by atoms with Gasteiger partial charge < -0.3 is 19.7 Å². The van der Waals surface area contributed by atoms with Gasteiger partial charge >= 0.3 is 5.97 Å². The molecule has 0 amide bonds. The number of hydrogen-bond donors (Lipinski definition) is 2. The molecular weight excluding hydrogens is 636 g/mol. The molecule has 0 unspecified atom stereocenters. The molecule has 0 fully saturated rings. The molecule has 0 bridgehead atoms. The van der Waals surface area contributed by atoms with Gasteiger partial charge in [-0.15, -0.1) is 0 Å². The van der Waals surface area contributed by atoms with Crippen LogP contribution in [-0.2, 0) is 4.79 Å². The molecule has 0 saturated heterocycles. The number of phenolic OH excluding ortho intramolecular Hbond substituents is 2. The Balaban J connectivity index is 1.35. The van der Waals surface area contributed by atoms with E-state index in [1.54, 1.807) is 50.6 Å². The minimum Gasteiger partial charge on any atom is -0.507 e. The highest BCUT2D eigenvalue weighted by molar-refractivity contribution is 6.16. The predicted molar refractivity (Wildman–Crippen MR) is 205 cm³/mol. The Morgan fingerprint density at radius 1 is 0.725 bits per heavy atom. The summed E-state index contributed by atoms with van der Waals surface area (Å²) in [5, 5.41) is 24.1. The molecule has 7 heteroatoms. The molecule has 2 N–H and O–H groups in total. The number of carbonyl (C=O) groups is 1. The molecule has 1 atom stereocenters. The lowest BCUT2D eigenvalue weighted by atomic mass is 9.95. The summed E-state index contributed by atoms with van der Waals surface area (Å²) in [6, 6.07) is 33.4. The number of nitrogens with zero attached hydrogens (tertiary/aromatic N) is 2. The van der Waals surface area contributed by atoms with Crippen LogP contribution in [0.15, 0.2) is 119 Å². The Labute approximate surface area is 298 Å². The van der Waals surface area contributed by atoms with Crippen LogP contribution in [0.25, 0.3) is 10.8 Å². The first-order chi connectivity index (χ1) is 24.6. The molecule has 0 saturated carbocycles. The second-order valence-electron chi connectivity index (χ2n) is 12.6. The molecule has 0 aliphatic heterocycles. The van der Waals surface area contributed by atoms with E-state index in [0.717, 1.165) is 49.9 Å². The lowest BCUT2D eigenvalue weighted by Crippen LogP contribution is -2.16. The van der Waals surface area contributed by atoms with E-state index in [0.29, 0.717) is 28.2 Å². The highest BCUT2D eigenvalue weighted by Crippen LogP contribution is 2.41. The number of phenols is 2. The molecule has 6 aromatic rings. The van der Waals surface area contributed by atoms with Crippen LogP contribution in [0.2, 0.25) is 0 Å². The number of methoxy groups -OCH3 is 1. The smallest absolute Gasteiger partial charge is 0.318 e. The van der Waals surface area contributed by atoms with Crippen LogP contribution < -0.4 is 9.47 Å². The van der Waals surface area contributed by atoms with E-state index in [9.17, 15) is 15.0 Å². The van der Waals surface area contributed by atoms with Gasteiger partial charge in [-0.25, -0.2) is 4.99 Å². The van der Waals surface area contributed by atoms with Crippen LogP contribution in [0.3, 0.4) is 0 Å². The summed E-state index contributed by atoms with van der Waals surface area (Å²) < 4.78 is 11.1. The average Bonchev–Trinajstić information content (AvgIpc) is 3.15. The summed E-state index contributed by atoms with van der Waals surface area (Å²) in [5.41, 5.74) is 8.54. The number of benzene rings is 6. The van der Waals surface area contributed by atoms with Crippen LogP contribution in [0.5, 0.6) is 23.0 Å². The molecule has 256 valence electrons. The summed E-state index contributed by atoms with van der Waals surface area (Å²) in [5.74, 6) is -0.360. The van der Waals surface area contributed by atoms with E-state index < -0.39 is 11.9 Å². The monoisotopic (exact) mass is 676 g/mol. The van der Waals surface area contributed by atoms with Gasteiger partial charge in [0.15, 0.2) is 11.5 Å². The first kappa shape index (κ1) is 34.6. The van der Waals surface area contributed by atoms with E-state index in [-0.39, 0.29) is 17.2 Å². The molecule has 0 aliphatic rings. The third-order valence-corrected chi connectivity index (χ3v) is 9.55. The van der Waals surface area contributed by atoms with Crippen molar-refractivity contribution in [1.82, 2.24) is 0 Å². The Hall–Kier alpha value is -6.21. The SMILES string of the molecule is COc1ccc2cc([C@H](C)C(=O)Oc3cccc(C=Nc4c(C)c(C)c(C)c(C)c4N=C(c4ccccc4)c4ccccc4O)c3O)ccc2c1. The van der Waals surface area contributed by atoms with Crippen LogP contribution in [0.4, 0.5) is 11.4 Å². The Kier molecular flexibility index (Phi) is 10.0. The van der Waals surface area contributed by atoms with Gasteiger partial charge in [0, 0.05) is 22.9 Å². The topological polar surface area (TPSA) is 101 Å². The van der Waals surface area contributed by atoms with Crippen LogP contribution >= 0.6 is 0 Å². The van der Waals surface area contributed by atoms with Gasteiger partial charge in [0.1, 0.15) is 11.5 Å². The molecule has 0 heterocycles. The minimum absolute atomic E-state index is 0.0403. The second kappa shape index (κ2) is 14.7. The number of ether oxygens (including phenoxy) is 2. The zero-order valence-electron chi connectivity index (χ0n) is 29.6. The number of aromatic hydroxyl groups is 2. The van der Waals surface area contributed by atoms with Gasteiger partial charge in [0.05, 0.1) is 30.1 Å². The van der Waals surface area contributed by atoms with E-state index >= 15 is 0 Å². The van der Waals surface area contributed by atoms with Gasteiger partial charge in [0.25, 0.3) is 0 Å². The molecule has 7 nitrogen and oxygen atoms in total. The highest BCUT2D eigenvalue weighted by Gasteiger charge is 2.21. The lowest BCUT2D eigenvalue weighted by Gasteiger charge is -2.18. The Morgan fingerprint density at radius 3 is 2.12 bits per heavy atom. The van der Waals surface area contributed by atoms with Gasteiger partial charge in [-0.3, -0.25) is 9.79 Å². The van der Waals surface area contributed by atoms with Crippen molar-refractivity contribution in [2.45, 2.75) is 40.5 Å². The van der Waals surface area contributed by atoms with Crippen molar-refractivity contribution < 1.29 is 24.5 Å². The van der Waals surface area contributed by atoms with Crippen LogP contribution in [-0.4, -0.2) is 35.2 Å². The van der Waals surface area contributed by atoms with Gasteiger partial charge in [0.2, 0.25) is 0 Å². The minimum atomic E-state index is -0.585. The van der Waals surface area contributed by atoms with E-state index in [1.165, 1.54) is 0 Å². The lowest BCUT2D eigenvalue weighted by molar-refractivity contribution is -0.135. The zero-order valence-corrected chi connectivity index (χ0v) is 29.6. The Morgan fingerprint density at radius 2 is 1.39 bits per heavy atom. The molecule has 6 rings (SSSR count). The quantitative estimate of drug-likeness (QED) is 0.0902. The number of esters is 1. The fourth-order valence-corrected chi connectivity index (χ4v) is 6.06. The summed E-state index contributed by atoms with van der Waals surface area (Å²) >= 11 is 0. The summed E-state index contributed by atoms with van der Waals surface area (Å²) in [7, 11) is 1.63. The maximum absolute atomic E-state index is 13.3.